The van der Waals surface area contributed by atoms with Gasteiger partial charge in [-0.3, -0.25) is 5.41 Å². The quantitative estimate of drug-likeness (QED) is 0.653. The minimum Gasteiger partial charge on any atom is -0.384 e. The number of rotatable bonds is 4. The molecular weight excluding hydrogens is 258 g/mol. The zero-order valence-corrected chi connectivity index (χ0v) is 12.2. The smallest absolute Gasteiger partial charge is 0.124 e. The molecule has 1 aliphatic rings. The lowest BCUT2D eigenvalue weighted by atomic mass is 9.92. The van der Waals surface area contributed by atoms with Crippen LogP contribution in [0.25, 0.3) is 0 Å². The second-order valence-electron chi connectivity index (χ2n) is 5.30. The first kappa shape index (κ1) is 14.2. The number of nitrogens with two attached hydrogens (primary N) is 1. The van der Waals surface area contributed by atoms with E-state index in [1.165, 1.54) is 25.7 Å². The van der Waals surface area contributed by atoms with Gasteiger partial charge in [-0.05, 0) is 37.0 Å². The first-order valence-corrected chi connectivity index (χ1v) is 7.38. The van der Waals surface area contributed by atoms with Crippen molar-refractivity contribution >= 4 is 23.1 Å². The molecule has 0 bridgehead atoms. The second-order valence-corrected chi connectivity index (χ2v) is 5.70. The van der Waals surface area contributed by atoms with Crippen LogP contribution >= 0.6 is 11.6 Å². The van der Waals surface area contributed by atoms with Gasteiger partial charge >= 0.3 is 0 Å². The van der Waals surface area contributed by atoms with Crippen LogP contribution < -0.4 is 10.6 Å². The number of halogens is 1. The van der Waals surface area contributed by atoms with E-state index in [-0.39, 0.29) is 5.84 Å². The summed E-state index contributed by atoms with van der Waals surface area (Å²) in [6.45, 7) is 4.45. The minimum atomic E-state index is 0.0261. The van der Waals surface area contributed by atoms with Crippen LogP contribution in [0.4, 0.5) is 5.69 Å². The number of benzene rings is 1. The fraction of sp³-hybridized carbons (Fsp3) is 0.533. The summed E-state index contributed by atoms with van der Waals surface area (Å²) in [6.07, 6.45) is 5.15. The van der Waals surface area contributed by atoms with E-state index < -0.39 is 0 Å². The van der Waals surface area contributed by atoms with Gasteiger partial charge in [0.05, 0.1) is 5.02 Å². The predicted molar refractivity (Wildman–Crippen MR) is 82.3 cm³/mol. The number of nitrogen functional groups attached to an aromatic ring is 1. The van der Waals surface area contributed by atoms with Crippen LogP contribution in [0.1, 0.15) is 38.2 Å². The van der Waals surface area contributed by atoms with Crippen molar-refractivity contribution in [3.8, 4) is 0 Å². The first-order valence-electron chi connectivity index (χ1n) is 7.00. The molecule has 0 atom stereocenters. The zero-order chi connectivity index (χ0) is 13.8. The van der Waals surface area contributed by atoms with Crippen molar-refractivity contribution in [1.82, 2.24) is 0 Å². The van der Waals surface area contributed by atoms with Gasteiger partial charge in [-0.1, -0.05) is 31.4 Å². The van der Waals surface area contributed by atoms with Crippen molar-refractivity contribution in [1.29, 1.82) is 5.41 Å². The highest BCUT2D eigenvalue weighted by Gasteiger charge is 2.19. The molecule has 3 N–H and O–H groups in total. The van der Waals surface area contributed by atoms with E-state index in [2.05, 4.69) is 11.8 Å². The number of piperidine rings is 1. The molecule has 1 heterocycles. The molecule has 1 saturated heterocycles. The van der Waals surface area contributed by atoms with Crippen molar-refractivity contribution in [2.24, 2.45) is 11.7 Å². The molecule has 1 aromatic carbocycles. The Morgan fingerprint density at radius 2 is 2.11 bits per heavy atom. The topological polar surface area (TPSA) is 53.1 Å². The summed E-state index contributed by atoms with van der Waals surface area (Å²) in [4.78, 5) is 2.38. The SMILES string of the molecule is CCCC1CCN(c2ccc(C(=N)N)c(Cl)c2)CC1. The molecule has 1 aliphatic heterocycles. The molecule has 0 aromatic heterocycles. The Morgan fingerprint density at radius 3 is 2.63 bits per heavy atom. The standard InChI is InChI=1S/C15H22ClN3/c1-2-3-11-6-8-19(9-7-11)12-4-5-13(15(17)18)14(16)10-12/h4-5,10-11H,2-3,6-9H2,1H3,(H3,17,18). The fourth-order valence-electron chi connectivity index (χ4n) is 2.81. The minimum absolute atomic E-state index is 0.0261. The number of hydrogen-bond donors (Lipinski definition) is 2. The largest absolute Gasteiger partial charge is 0.384 e. The van der Waals surface area contributed by atoms with Crippen molar-refractivity contribution < 1.29 is 0 Å². The van der Waals surface area contributed by atoms with Crippen molar-refractivity contribution in [3.05, 3.63) is 28.8 Å². The Bertz CT molecular complexity index is 451. The maximum absolute atomic E-state index is 7.44. The summed E-state index contributed by atoms with van der Waals surface area (Å²) >= 11 is 6.17. The van der Waals surface area contributed by atoms with E-state index in [1.807, 2.05) is 18.2 Å². The average molecular weight is 280 g/mol. The summed E-state index contributed by atoms with van der Waals surface area (Å²) in [6, 6.07) is 5.79. The third-order valence-electron chi connectivity index (χ3n) is 3.92. The molecule has 0 unspecified atom stereocenters. The molecule has 0 saturated carbocycles. The zero-order valence-electron chi connectivity index (χ0n) is 11.5. The van der Waals surface area contributed by atoms with Crippen LogP contribution in [-0.2, 0) is 0 Å². The number of nitrogens with zero attached hydrogens (tertiary/aromatic N) is 1. The van der Waals surface area contributed by atoms with Gasteiger partial charge in [0.2, 0.25) is 0 Å². The maximum atomic E-state index is 7.44. The van der Waals surface area contributed by atoms with Gasteiger partial charge in [0.1, 0.15) is 5.84 Å². The van der Waals surface area contributed by atoms with Crippen molar-refractivity contribution in [3.63, 3.8) is 0 Å². The van der Waals surface area contributed by atoms with Gasteiger partial charge in [-0.25, -0.2) is 0 Å². The molecular formula is C15H22ClN3. The third kappa shape index (κ3) is 3.41. The van der Waals surface area contributed by atoms with Crippen LogP contribution in [0.5, 0.6) is 0 Å². The lowest BCUT2D eigenvalue weighted by Crippen LogP contribution is -2.33. The third-order valence-corrected chi connectivity index (χ3v) is 4.23. The highest BCUT2D eigenvalue weighted by Crippen LogP contribution is 2.28. The van der Waals surface area contributed by atoms with Crippen LogP contribution in [0.15, 0.2) is 18.2 Å². The van der Waals surface area contributed by atoms with Gasteiger partial charge in [-0.15, -0.1) is 0 Å². The summed E-state index contributed by atoms with van der Waals surface area (Å²) < 4.78 is 0. The Morgan fingerprint density at radius 1 is 1.42 bits per heavy atom. The molecule has 1 aromatic rings. The van der Waals surface area contributed by atoms with Gasteiger partial charge < -0.3 is 10.6 Å². The summed E-state index contributed by atoms with van der Waals surface area (Å²) in [5.74, 6) is 0.909. The molecule has 1 fully saturated rings. The van der Waals surface area contributed by atoms with E-state index in [9.17, 15) is 0 Å². The molecule has 19 heavy (non-hydrogen) atoms. The van der Waals surface area contributed by atoms with Gasteiger partial charge in [0, 0.05) is 24.3 Å². The van der Waals surface area contributed by atoms with E-state index in [4.69, 9.17) is 22.7 Å². The average Bonchev–Trinajstić information content (AvgIpc) is 2.39. The number of amidine groups is 1. The van der Waals surface area contributed by atoms with E-state index in [0.29, 0.717) is 10.6 Å². The van der Waals surface area contributed by atoms with Gasteiger partial charge in [-0.2, -0.15) is 0 Å². The van der Waals surface area contributed by atoms with Crippen LogP contribution in [-0.4, -0.2) is 18.9 Å². The summed E-state index contributed by atoms with van der Waals surface area (Å²) in [5.41, 5.74) is 7.24. The summed E-state index contributed by atoms with van der Waals surface area (Å²) in [7, 11) is 0. The van der Waals surface area contributed by atoms with Crippen LogP contribution in [0.3, 0.4) is 0 Å². The maximum Gasteiger partial charge on any atom is 0.124 e. The number of nitrogens with one attached hydrogen (secondary N) is 1. The molecule has 0 spiro atoms. The monoisotopic (exact) mass is 279 g/mol. The van der Waals surface area contributed by atoms with Crippen LogP contribution in [0, 0.1) is 11.3 Å². The Labute approximate surface area is 120 Å². The second kappa shape index (κ2) is 6.29. The molecule has 2 rings (SSSR count). The van der Waals surface area contributed by atoms with Crippen LogP contribution in [0.2, 0.25) is 5.02 Å². The lowest BCUT2D eigenvalue weighted by molar-refractivity contribution is 0.378. The first-order chi connectivity index (χ1) is 9.11. The highest BCUT2D eigenvalue weighted by atomic mass is 35.5. The summed E-state index contributed by atoms with van der Waals surface area (Å²) in [5, 5.41) is 8.01. The Hall–Kier alpha value is -1.22. The number of anilines is 1. The van der Waals surface area contributed by atoms with Gasteiger partial charge in [0.15, 0.2) is 0 Å². The Kier molecular flexibility index (Phi) is 4.70. The van der Waals surface area contributed by atoms with Gasteiger partial charge in [0.25, 0.3) is 0 Å². The Balaban J connectivity index is 2.04. The molecule has 0 amide bonds. The number of hydrogen-bond acceptors (Lipinski definition) is 2. The molecule has 104 valence electrons. The highest BCUT2D eigenvalue weighted by molar-refractivity contribution is 6.34. The van der Waals surface area contributed by atoms with Crippen molar-refractivity contribution in [2.45, 2.75) is 32.6 Å². The molecule has 4 heteroatoms. The molecule has 3 nitrogen and oxygen atoms in total. The van der Waals surface area contributed by atoms with Crippen molar-refractivity contribution in [2.75, 3.05) is 18.0 Å². The molecule has 0 aliphatic carbocycles. The molecule has 0 radical (unpaired) electrons. The van der Waals surface area contributed by atoms with E-state index >= 15 is 0 Å². The van der Waals surface area contributed by atoms with E-state index in [0.717, 1.165) is 24.7 Å². The fourth-order valence-corrected chi connectivity index (χ4v) is 3.08. The normalized spacial score (nSPS) is 16.6. The lowest BCUT2D eigenvalue weighted by Gasteiger charge is -2.33. The van der Waals surface area contributed by atoms with E-state index in [1.54, 1.807) is 0 Å². The predicted octanol–water partition coefficient (Wildman–Crippen LogP) is 3.64.